The van der Waals surface area contributed by atoms with E-state index in [2.05, 4.69) is 10.4 Å². The second kappa shape index (κ2) is 6.56. The van der Waals surface area contributed by atoms with Crippen LogP contribution in [0.2, 0.25) is 5.02 Å². The normalized spacial score (nSPS) is 10.6. The summed E-state index contributed by atoms with van der Waals surface area (Å²) >= 11 is 5.98. The lowest BCUT2D eigenvalue weighted by atomic mass is 10.2. The van der Waals surface area contributed by atoms with Gasteiger partial charge in [-0.3, -0.25) is 9.59 Å². The zero-order valence-electron chi connectivity index (χ0n) is 11.6. The van der Waals surface area contributed by atoms with E-state index in [1.807, 2.05) is 13.8 Å². The molecule has 6 nitrogen and oxygen atoms in total. The van der Waals surface area contributed by atoms with Gasteiger partial charge in [-0.25, -0.2) is 4.68 Å². The molecule has 0 aromatic carbocycles. The van der Waals surface area contributed by atoms with Gasteiger partial charge in [0.05, 0.1) is 18.4 Å². The number of nitrogens with one attached hydrogen (secondary N) is 1. The number of anilines is 1. The summed E-state index contributed by atoms with van der Waals surface area (Å²) in [6.07, 6.45) is 1.47. The van der Waals surface area contributed by atoms with Crippen LogP contribution in [0.3, 0.4) is 0 Å². The molecular formula is C12H19ClN4O2. The molecule has 106 valence electrons. The minimum atomic E-state index is -0.349. The molecule has 1 heterocycles. The van der Waals surface area contributed by atoms with Crippen molar-refractivity contribution in [1.82, 2.24) is 14.7 Å². The molecule has 0 unspecified atom stereocenters. The van der Waals surface area contributed by atoms with Crippen LogP contribution < -0.4 is 10.9 Å². The number of hydrogen-bond acceptors (Lipinski definition) is 4. The van der Waals surface area contributed by atoms with Crippen LogP contribution in [0.4, 0.5) is 5.69 Å². The maximum atomic E-state index is 11.9. The summed E-state index contributed by atoms with van der Waals surface area (Å²) in [5, 5.41) is 6.91. The number of rotatable bonds is 5. The highest BCUT2D eigenvalue weighted by Gasteiger charge is 2.11. The summed E-state index contributed by atoms with van der Waals surface area (Å²) in [5.41, 5.74) is 0.0274. The van der Waals surface area contributed by atoms with E-state index in [0.29, 0.717) is 18.2 Å². The molecule has 1 rings (SSSR count). The second-order valence-corrected chi connectivity index (χ2v) is 5.27. The second-order valence-electron chi connectivity index (χ2n) is 4.90. The van der Waals surface area contributed by atoms with E-state index in [4.69, 9.17) is 11.6 Å². The number of likely N-dealkylation sites (N-methyl/N-ethyl adjacent to an activating group) is 1. The number of aromatic nitrogens is 2. The molecule has 0 aliphatic rings. The van der Waals surface area contributed by atoms with Crippen LogP contribution >= 0.6 is 11.6 Å². The van der Waals surface area contributed by atoms with E-state index >= 15 is 0 Å². The van der Waals surface area contributed by atoms with Gasteiger partial charge in [0, 0.05) is 20.6 Å². The van der Waals surface area contributed by atoms with E-state index in [0.717, 1.165) is 0 Å². The number of carbonyl (C=O) groups excluding carboxylic acids is 1. The fourth-order valence-electron chi connectivity index (χ4n) is 1.39. The Morgan fingerprint density at radius 1 is 1.53 bits per heavy atom. The lowest BCUT2D eigenvalue weighted by Gasteiger charge is -2.13. The molecule has 0 saturated heterocycles. The van der Waals surface area contributed by atoms with Crippen LogP contribution in [0.25, 0.3) is 0 Å². The molecule has 0 bridgehead atoms. The molecule has 0 radical (unpaired) electrons. The van der Waals surface area contributed by atoms with Gasteiger partial charge in [0.15, 0.2) is 0 Å². The molecule has 0 atom stereocenters. The summed E-state index contributed by atoms with van der Waals surface area (Å²) in [5.74, 6) is 0.192. The van der Waals surface area contributed by atoms with Crippen molar-refractivity contribution in [2.24, 2.45) is 5.92 Å². The molecule has 0 aliphatic carbocycles. The van der Waals surface area contributed by atoms with Gasteiger partial charge in [-0.15, -0.1) is 0 Å². The Kier molecular flexibility index (Phi) is 5.35. The Balaban J connectivity index is 2.85. The van der Waals surface area contributed by atoms with Crippen molar-refractivity contribution < 1.29 is 4.79 Å². The third-order valence-electron chi connectivity index (χ3n) is 2.45. The zero-order valence-corrected chi connectivity index (χ0v) is 12.4. The fraction of sp³-hybridized carbons (Fsp3) is 0.583. The van der Waals surface area contributed by atoms with E-state index in [1.165, 1.54) is 15.8 Å². The Bertz CT molecular complexity index is 511. The van der Waals surface area contributed by atoms with Crippen LogP contribution in [-0.2, 0) is 11.3 Å². The van der Waals surface area contributed by atoms with E-state index in [9.17, 15) is 9.59 Å². The van der Waals surface area contributed by atoms with Gasteiger partial charge < -0.3 is 10.2 Å². The highest BCUT2D eigenvalue weighted by atomic mass is 35.5. The molecule has 1 amide bonds. The smallest absolute Gasteiger partial charge is 0.287 e. The van der Waals surface area contributed by atoms with Crippen LogP contribution in [0.1, 0.15) is 13.8 Å². The monoisotopic (exact) mass is 286 g/mol. The first kappa shape index (κ1) is 15.5. The molecule has 19 heavy (non-hydrogen) atoms. The lowest BCUT2D eigenvalue weighted by molar-refractivity contribution is -0.126. The molecule has 1 aromatic rings. The topological polar surface area (TPSA) is 67.2 Å². The van der Waals surface area contributed by atoms with Crippen LogP contribution in [0.5, 0.6) is 0 Å². The predicted molar refractivity (Wildman–Crippen MR) is 75.5 cm³/mol. The summed E-state index contributed by atoms with van der Waals surface area (Å²) in [4.78, 5) is 24.8. The van der Waals surface area contributed by atoms with Gasteiger partial charge in [-0.2, -0.15) is 5.10 Å². The Morgan fingerprint density at radius 2 is 2.16 bits per heavy atom. The van der Waals surface area contributed by atoms with Crippen LogP contribution in [-0.4, -0.2) is 41.2 Å². The molecule has 0 aliphatic heterocycles. The van der Waals surface area contributed by atoms with Gasteiger partial charge in [0.2, 0.25) is 5.91 Å². The average Bonchev–Trinajstić information content (AvgIpc) is 2.33. The maximum Gasteiger partial charge on any atom is 0.287 e. The van der Waals surface area contributed by atoms with Gasteiger partial charge in [-0.1, -0.05) is 25.4 Å². The van der Waals surface area contributed by atoms with Crippen molar-refractivity contribution >= 4 is 23.2 Å². The van der Waals surface area contributed by atoms with Crippen molar-refractivity contribution in [3.63, 3.8) is 0 Å². The zero-order chi connectivity index (χ0) is 14.6. The molecule has 0 fully saturated rings. The Morgan fingerprint density at radius 3 is 2.68 bits per heavy atom. The fourth-order valence-corrected chi connectivity index (χ4v) is 1.61. The highest BCUT2D eigenvalue weighted by molar-refractivity contribution is 6.33. The Labute approximate surface area is 117 Å². The third-order valence-corrected chi connectivity index (χ3v) is 2.82. The van der Waals surface area contributed by atoms with E-state index in [-0.39, 0.29) is 23.0 Å². The number of amides is 1. The number of carbonyl (C=O) groups is 1. The third kappa shape index (κ3) is 4.24. The van der Waals surface area contributed by atoms with Crippen molar-refractivity contribution in [2.45, 2.75) is 20.4 Å². The van der Waals surface area contributed by atoms with Gasteiger partial charge in [0.1, 0.15) is 5.02 Å². The predicted octanol–water partition coefficient (Wildman–Crippen LogP) is 1.05. The first-order valence-corrected chi connectivity index (χ1v) is 6.40. The summed E-state index contributed by atoms with van der Waals surface area (Å²) < 4.78 is 1.33. The van der Waals surface area contributed by atoms with E-state index in [1.54, 1.807) is 14.1 Å². The Hall–Kier alpha value is -1.56. The largest absolute Gasteiger partial charge is 0.373 e. The number of hydrogen-bond donors (Lipinski definition) is 1. The lowest BCUT2D eigenvalue weighted by Crippen LogP contribution is -2.30. The van der Waals surface area contributed by atoms with Crippen LogP contribution in [0.15, 0.2) is 11.0 Å². The van der Waals surface area contributed by atoms with Gasteiger partial charge in [-0.05, 0) is 5.92 Å². The SMILES string of the molecule is CC(C)Cn1ncc(NCC(=O)N(C)C)c(Cl)c1=O. The molecular weight excluding hydrogens is 268 g/mol. The minimum Gasteiger partial charge on any atom is -0.373 e. The molecule has 0 saturated carbocycles. The summed E-state index contributed by atoms with van der Waals surface area (Å²) in [6.45, 7) is 4.56. The standard InChI is InChI=1S/C12H19ClN4O2/c1-8(2)7-17-12(19)11(13)9(5-15-17)14-6-10(18)16(3)4/h5,8,14H,6-7H2,1-4H3. The number of halogens is 1. The van der Waals surface area contributed by atoms with Crippen molar-refractivity contribution in [3.05, 3.63) is 21.6 Å². The molecule has 0 spiro atoms. The molecule has 1 aromatic heterocycles. The quantitative estimate of drug-likeness (QED) is 0.879. The average molecular weight is 287 g/mol. The molecule has 7 heteroatoms. The van der Waals surface area contributed by atoms with Crippen LogP contribution in [0, 0.1) is 5.92 Å². The van der Waals surface area contributed by atoms with Crippen molar-refractivity contribution in [3.8, 4) is 0 Å². The van der Waals surface area contributed by atoms with Crippen molar-refractivity contribution in [2.75, 3.05) is 26.0 Å². The van der Waals surface area contributed by atoms with Crippen molar-refractivity contribution in [1.29, 1.82) is 0 Å². The van der Waals surface area contributed by atoms with Gasteiger partial charge in [0.25, 0.3) is 5.56 Å². The summed E-state index contributed by atoms with van der Waals surface area (Å²) in [6, 6.07) is 0. The van der Waals surface area contributed by atoms with E-state index < -0.39 is 0 Å². The first-order valence-electron chi connectivity index (χ1n) is 6.02. The number of nitrogens with zero attached hydrogens (tertiary/aromatic N) is 3. The van der Waals surface area contributed by atoms with Gasteiger partial charge >= 0.3 is 0 Å². The summed E-state index contributed by atoms with van der Waals surface area (Å²) in [7, 11) is 3.31. The minimum absolute atomic E-state index is 0.0576. The first-order chi connectivity index (χ1) is 8.82. The molecule has 1 N–H and O–H groups in total. The highest BCUT2D eigenvalue weighted by Crippen LogP contribution is 2.15. The maximum absolute atomic E-state index is 11.9.